The third-order valence-corrected chi connectivity index (χ3v) is 4.20. The van der Waals surface area contributed by atoms with Crippen molar-refractivity contribution in [3.63, 3.8) is 0 Å². The van der Waals surface area contributed by atoms with Gasteiger partial charge in [-0.2, -0.15) is 0 Å². The van der Waals surface area contributed by atoms with E-state index in [2.05, 4.69) is 10.6 Å². The van der Waals surface area contributed by atoms with E-state index in [0.717, 1.165) is 0 Å². The number of ether oxygens (including phenoxy) is 1. The van der Waals surface area contributed by atoms with Crippen molar-refractivity contribution in [1.29, 1.82) is 0 Å². The maximum absolute atomic E-state index is 12.4. The summed E-state index contributed by atoms with van der Waals surface area (Å²) in [4.78, 5) is 34.2. The number of amides is 1. The van der Waals surface area contributed by atoms with E-state index in [9.17, 15) is 34.8 Å². The summed E-state index contributed by atoms with van der Waals surface area (Å²) in [6.45, 7) is 2.26. The molecule has 6 atom stereocenters. The molecule has 1 aliphatic heterocycles. The second kappa shape index (κ2) is 9.39. The fraction of sp³-hybridized carbons (Fsp3) is 0.800. The number of carbonyl (C=O) groups excluding carboxylic acids is 1. The van der Waals surface area contributed by atoms with Crippen molar-refractivity contribution in [3.8, 4) is 0 Å². The van der Waals surface area contributed by atoms with Gasteiger partial charge in [-0.25, -0.2) is 4.79 Å². The summed E-state index contributed by atoms with van der Waals surface area (Å²) in [5, 5.41) is 61.8. The number of hydrogen-bond donors (Lipinski definition) is 8. The van der Waals surface area contributed by atoms with E-state index in [0.29, 0.717) is 0 Å². The molecule has 0 aliphatic carbocycles. The molecule has 1 unspecified atom stereocenters. The molecule has 0 aromatic rings. The third-order valence-electron chi connectivity index (χ3n) is 4.20. The Kier molecular flexibility index (Phi) is 8.07. The summed E-state index contributed by atoms with van der Waals surface area (Å²) in [7, 11) is 0. The van der Waals surface area contributed by atoms with Gasteiger partial charge in [-0.15, -0.1) is 0 Å². The van der Waals surface area contributed by atoms with Gasteiger partial charge in [-0.1, -0.05) is 13.8 Å². The van der Waals surface area contributed by atoms with Crippen LogP contribution in [-0.4, -0.2) is 97.8 Å². The van der Waals surface area contributed by atoms with Crippen LogP contribution in [0, 0.1) is 5.92 Å². The molecule has 0 radical (unpaired) electrons. The van der Waals surface area contributed by atoms with E-state index in [1.165, 1.54) is 0 Å². The first-order valence-corrected chi connectivity index (χ1v) is 8.28. The molecule has 0 aromatic carbocycles. The fourth-order valence-electron chi connectivity index (χ4n) is 2.57. The van der Waals surface area contributed by atoms with Crippen LogP contribution in [0.3, 0.4) is 0 Å². The van der Waals surface area contributed by atoms with Crippen LogP contribution in [0.15, 0.2) is 0 Å². The molecular weight excluding hydrogens is 368 g/mol. The molecular formula is C15H26N2O10. The predicted molar refractivity (Wildman–Crippen MR) is 87.4 cm³/mol. The van der Waals surface area contributed by atoms with Crippen LogP contribution in [0.25, 0.3) is 0 Å². The maximum Gasteiger partial charge on any atom is 0.326 e. The zero-order valence-corrected chi connectivity index (χ0v) is 14.9. The Morgan fingerprint density at radius 3 is 2.26 bits per heavy atom. The van der Waals surface area contributed by atoms with Crippen LogP contribution < -0.4 is 10.6 Å². The first-order chi connectivity index (χ1) is 12.4. The molecule has 12 heteroatoms. The van der Waals surface area contributed by atoms with Gasteiger partial charge >= 0.3 is 11.9 Å². The Balaban J connectivity index is 2.79. The second-order valence-corrected chi connectivity index (χ2v) is 6.76. The third kappa shape index (κ3) is 6.09. The summed E-state index contributed by atoms with van der Waals surface area (Å²) in [6.07, 6.45) is -5.73. The lowest BCUT2D eigenvalue weighted by Gasteiger charge is -2.42. The number of carbonyl (C=O) groups is 3. The normalized spacial score (nSPS) is 30.6. The minimum absolute atomic E-state index is 0.413. The monoisotopic (exact) mass is 394 g/mol. The number of carboxylic acids is 2. The van der Waals surface area contributed by atoms with Crippen molar-refractivity contribution in [1.82, 2.24) is 10.6 Å². The fourth-order valence-corrected chi connectivity index (χ4v) is 2.57. The van der Waals surface area contributed by atoms with Crippen LogP contribution in [0.4, 0.5) is 0 Å². The van der Waals surface area contributed by atoms with Crippen LogP contribution in [0.1, 0.15) is 20.3 Å². The minimum atomic E-state index is -2.29. The van der Waals surface area contributed by atoms with E-state index < -0.39 is 79.5 Å². The van der Waals surface area contributed by atoms with Crippen LogP contribution in [0.5, 0.6) is 0 Å². The highest BCUT2D eigenvalue weighted by Crippen LogP contribution is 2.23. The Hall–Kier alpha value is -1.83. The molecule has 12 nitrogen and oxygen atoms in total. The van der Waals surface area contributed by atoms with E-state index in [-0.39, 0.29) is 0 Å². The van der Waals surface area contributed by atoms with Gasteiger partial charge in [0.15, 0.2) is 0 Å². The topological polar surface area (TPSA) is 206 Å². The van der Waals surface area contributed by atoms with Crippen LogP contribution >= 0.6 is 0 Å². The minimum Gasteiger partial charge on any atom is -0.481 e. The first kappa shape index (κ1) is 23.2. The molecule has 1 heterocycles. The van der Waals surface area contributed by atoms with Gasteiger partial charge < -0.3 is 46.0 Å². The smallest absolute Gasteiger partial charge is 0.326 e. The highest BCUT2D eigenvalue weighted by molar-refractivity contribution is 5.89. The summed E-state index contributed by atoms with van der Waals surface area (Å²) in [6, 6.07) is -2.71. The quantitative estimate of drug-likeness (QED) is 0.192. The standard InChI is InChI=1S/C15H26N2O10/c1-6(2)10(13(23)17-7(14(24)25)3-9(19)20)16-5-15(26)12(22)11(21)8(18)4-27-15/h6-8,10-12,16,18,21-22,26H,3-5H2,1-2H3,(H,17,23)(H,19,20)(H,24,25)/t7-,8+,10-,11-,12-,15?/m0/s1. The molecule has 0 spiro atoms. The molecule has 1 aliphatic rings. The summed E-state index contributed by atoms with van der Waals surface area (Å²) in [5.41, 5.74) is 0. The number of nitrogens with one attached hydrogen (secondary N) is 2. The van der Waals surface area contributed by atoms with Crippen LogP contribution in [-0.2, 0) is 19.1 Å². The van der Waals surface area contributed by atoms with Crippen molar-refractivity contribution in [2.24, 2.45) is 5.92 Å². The van der Waals surface area contributed by atoms with Gasteiger partial charge in [0.1, 0.15) is 24.4 Å². The zero-order chi connectivity index (χ0) is 20.9. The second-order valence-electron chi connectivity index (χ2n) is 6.76. The molecule has 0 bridgehead atoms. The molecule has 0 saturated carbocycles. The number of aliphatic hydroxyl groups is 4. The number of aliphatic carboxylic acids is 2. The molecule has 1 saturated heterocycles. The lowest BCUT2D eigenvalue weighted by molar-refractivity contribution is -0.318. The van der Waals surface area contributed by atoms with Gasteiger partial charge in [0.25, 0.3) is 0 Å². The molecule has 156 valence electrons. The zero-order valence-electron chi connectivity index (χ0n) is 14.9. The molecule has 0 aromatic heterocycles. The molecule has 1 rings (SSSR count). The lowest BCUT2D eigenvalue weighted by Crippen LogP contribution is -2.66. The van der Waals surface area contributed by atoms with Gasteiger partial charge in [-0.3, -0.25) is 9.59 Å². The Labute approximate surface area is 154 Å². The maximum atomic E-state index is 12.4. The Morgan fingerprint density at radius 1 is 1.19 bits per heavy atom. The van der Waals surface area contributed by atoms with E-state index in [1.807, 2.05) is 0 Å². The number of carboxylic acid groups (broad SMARTS) is 2. The SMILES string of the molecule is CC(C)[C@H](NCC1(O)OC[C@@H](O)[C@H](O)[C@@H]1O)C(=O)N[C@@H](CC(=O)O)C(=O)O. The average Bonchev–Trinajstić information content (AvgIpc) is 2.55. The molecule has 8 N–H and O–H groups in total. The highest BCUT2D eigenvalue weighted by atomic mass is 16.6. The van der Waals surface area contributed by atoms with Crippen molar-refractivity contribution in [3.05, 3.63) is 0 Å². The van der Waals surface area contributed by atoms with Gasteiger partial charge in [-0.05, 0) is 5.92 Å². The summed E-state index contributed by atoms with van der Waals surface area (Å²) >= 11 is 0. The van der Waals surface area contributed by atoms with Crippen molar-refractivity contribution in [2.45, 2.75) is 56.5 Å². The molecule has 1 fully saturated rings. The average molecular weight is 394 g/mol. The largest absolute Gasteiger partial charge is 0.481 e. The number of hydrogen-bond acceptors (Lipinski definition) is 9. The van der Waals surface area contributed by atoms with Gasteiger partial charge in [0.2, 0.25) is 11.7 Å². The number of aliphatic hydroxyl groups excluding tert-OH is 3. The lowest BCUT2D eigenvalue weighted by atomic mass is 9.95. The number of rotatable bonds is 9. The van der Waals surface area contributed by atoms with Crippen molar-refractivity contribution >= 4 is 17.8 Å². The van der Waals surface area contributed by atoms with Crippen molar-refractivity contribution < 1.29 is 49.8 Å². The molecule has 27 heavy (non-hydrogen) atoms. The van der Waals surface area contributed by atoms with E-state index in [4.69, 9.17) is 14.9 Å². The summed E-state index contributed by atoms with van der Waals surface area (Å²) < 4.78 is 4.97. The van der Waals surface area contributed by atoms with E-state index in [1.54, 1.807) is 13.8 Å². The van der Waals surface area contributed by atoms with E-state index >= 15 is 0 Å². The van der Waals surface area contributed by atoms with Gasteiger partial charge in [0, 0.05) is 0 Å². The highest BCUT2D eigenvalue weighted by Gasteiger charge is 2.48. The molecule has 1 amide bonds. The Morgan fingerprint density at radius 2 is 1.78 bits per heavy atom. The van der Waals surface area contributed by atoms with Crippen LogP contribution in [0.2, 0.25) is 0 Å². The predicted octanol–water partition coefficient (Wildman–Crippen LogP) is -3.55. The van der Waals surface area contributed by atoms with Crippen molar-refractivity contribution in [2.75, 3.05) is 13.2 Å². The summed E-state index contributed by atoms with van der Waals surface area (Å²) in [5.74, 6) is -6.45. The first-order valence-electron chi connectivity index (χ1n) is 8.28. The Bertz CT molecular complexity index is 557. The van der Waals surface area contributed by atoms with Gasteiger partial charge in [0.05, 0.1) is 25.6 Å².